The number of carbonyl (C=O) groups excluding carboxylic acids is 1. The summed E-state index contributed by atoms with van der Waals surface area (Å²) >= 11 is 11.7. The molecule has 2 rings (SSSR count). The fourth-order valence-corrected chi connectivity index (χ4v) is 1.91. The highest BCUT2D eigenvalue weighted by molar-refractivity contribution is 6.31. The van der Waals surface area contributed by atoms with E-state index in [0.717, 1.165) is 5.56 Å². The van der Waals surface area contributed by atoms with Crippen LogP contribution in [-0.2, 0) is 6.54 Å². The molecule has 0 saturated heterocycles. The quantitative estimate of drug-likeness (QED) is 0.857. The van der Waals surface area contributed by atoms with Crippen LogP contribution in [0, 0.1) is 0 Å². The Balaban J connectivity index is 2.11. The van der Waals surface area contributed by atoms with Gasteiger partial charge in [-0.25, -0.2) is 0 Å². The lowest BCUT2D eigenvalue weighted by atomic mass is 10.2. The zero-order valence-corrected chi connectivity index (χ0v) is 11.2. The van der Waals surface area contributed by atoms with Gasteiger partial charge in [0.2, 0.25) is 0 Å². The van der Waals surface area contributed by atoms with Crippen LogP contribution in [0.15, 0.2) is 40.8 Å². The minimum absolute atomic E-state index is 0.199. The third-order valence-corrected chi connectivity index (χ3v) is 3.07. The third-order valence-electron chi connectivity index (χ3n) is 2.50. The predicted molar refractivity (Wildman–Crippen MR) is 71.0 cm³/mol. The van der Waals surface area contributed by atoms with Gasteiger partial charge in [-0.05, 0) is 35.4 Å². The molecule has 1 heterocycles. The summed E-state index contributed by atoms with van der Waals surface area (Å²) in [7, 11) is 1.68. The van der Waals surface area contributed by atoms with E-state index in [-0.39, 0.29) is 16.9 Å². The SMILES string of the molecule is CN(Cc1ccccc1Cl)C(=O)c1ccc(Cl)o1. The average Bonchev–Trinajstić information content (AvgIpc) is 2.78. The summed E-state index contributed by atoms with van der Waals surface area (Å²) in [4.78, 5) is 13.5. The molecule has 3 nitrogen and oxygen atoms in total. The maximum absolute atomic E-state index is 12.0. The lowest BCUT2D eigenvalue weighted by Gasteiger charge is -2.16. The monoisotopic (exact) mass is 283 g/mol. The fraction of sp³-hybridized carbons (Fsp3) is 0.154. The molecule has 94 valence electrons. The number of furan rings is 1. The first-order chi connectivity index (χ1) is 8.58. The summed E-state index contributed by atoms with van der Waals surface area (Å²) in [5, 5.41) is 0.833. The van der Waals surface area contributed by atoms with E-state index in [1.807, 2.05) is 18.2 Å². The van der Waals surface area contributed by atoms with E-state index in [0.29, 0.717) is 11.6 Å². The lowest BCUT2D eigenvalue weighted by molar-refractivity contribution is 0.0753. The number of hydrogen-bond donors (Lipinski definition) is 0. The van der Waals surface area contributed by atoms with Crippen LogP contribution in [0.2, 0.25) is 10.2 Å². The van der Waals surface area contributed by atoms with E-state index >= 15 is 0 Å². The van der Waals surface area contributed by atoms with Gasteiger partial charge in [-0.15, -0.1) is 0 Å². The van der Waals surface area contributed by atoms with Crippen molar-refractivity contribution in [3.63, 3.8) is 0 Å². The van der Waals surface area contributed by atoms with Gasteiger partial charge in [0, 0.05) is 18.6 Å². The molecule has 0 aliphatic heterocycles. The second-order valence-corrected chi connectivity index (χ2v) is 4.64. The number of nitrogens with zero attached hydrogens (tertiary/aromatic N) is 1. The maximum Gasteiger partial charge on any atom is 0.289 e. The van der Waals surface area contributed by atoms with Crippen molar-refractivity contribution in [3.05, 3.63) is 58.0 Å². The van der Waals surface area contributed by atoms with E-state index < -0.39 is 0 Å². The van der Waals surface area contributed by atoms with Gasteiger partial charge in [0.05, 0.1) is 0 Å². The molecule has 5 heteroatoms. The van der Waals surface area contributed by atoms with Crippen molar-refractivity contribution >= 4 is 29.1 Å². The largest absolute Gasteiger partial charge is 0.440 e. The van der Waals surface area contributed by atoms with E-state index in [1.165, 1.54) is 11.0 Å². The lowest BCUT2D eigenvalue weighted by Crippen LogP contribution is -2.25. The van der Waals surface area contributed by atoms with Crippen molar-refractivity contribution in [2.75, 3.05) is 7.05 Å². The van der Waals surface area contributed by atoms with Gasteiger partial charge in [-0.2, -0.15) is 0 Å². The Hall–Kier alpha value is -1.45. The summed E-state index contributed by atoms with van der Waals surface area (Å²) in [5.41, 5.74) is 0.882. The molecule has 0 saturated carbocycles. The number of halogens is 2. The summed E-state index contributed by atoms with van der Waals surface area (Å²) in [5.74, 6) is -0.0172. The minimum Gasteiger partial charge on any atom is -0.440 e. The molecule has 0 aliphatic carbocycles. The standard InChI is InChI=1S/C13H11Cl2NO2/c1-16(8-9-4-2-3-5-10(9)14)13(17)11-6-7-12(15)18-11/h2-7H,8H2,1H3. The van der Waals surface area contributed by atoms with Gasteiger partial charge in [-0.1, -0.05) is 29.8 Å². The summed E-state index contributed by atoms with van der Waals surface area (Å²) in [6.07, 6.45) is 0. The van der Waals surface area contributed by atoms with E-state index in [1.54, 1.807) is 19.2 Å². The second-order valence-electron chi connectivity index (χ2n) is 3.86. The Morgan fingerprint density at radius 3 is 2.56 bits per heavy atom. The van der Waals surface area contributed by atoms with Crippen LogP contribution in [0.3, 0.4) is 0 Å². The molecule has 0 atom stereocenters. The van der Waals surface area contributed by atoms with Crippen LogP contribution in [0.25, 0.3) is 0 Å². The highest BCUT2D eigenvalue weighted by atomic mass is 35.5. The van der Waals surface area contributed by atoms with Crippen LogP contribution in [-0.4, -0.2) is 17.9 Å². The number of rotatable bonds is 3. The van der Waals surface area contributed by atoms with Crippen molar-refractivity contribution in [3.8, 4) is 0 Å². The number of amides is 1. The number of benzene rings is 1. The molecule has 0 fully saturated rings. The zero-order chi connectivity index (χ0) is 13.1. The predicted octanol–water partition coefficient (Wildman–Crippen LogP) is 3.86. The molecular weight excluding hydrogens is 273 g/mol. The van der Waals surface area contributed by atoms with Crippen LogP contribution < -0.4 is 0 Å². The first kappa shape index (κ1) is 13.0. The Bertz CT molecular complexity index is 566. The first-order valence-corrected chi connectivity index (χ1v) is 6.07. The van der Waals surface area contributed by atoms with Gasteiger partial charge in [0.25, 0.3) is 5.91 Å². The molecule has 0 radical (unpaired) electrons. The average molecular weight is 284 g/mol. The first-order valence-electron chi connectivity index (χ1n) is 5.32. The molecule has 1 aromatic carbocycles. The zero-order valence-electron chi connectivity index (χ0n) is 9.69. The molecule has 2 aromatic rings. The highest BCUT2D eigenvalue weighted by Gasteiger charge is 2.16. The molecule has 1 aromatic heterocycles. The fourth-order valence-electron chi connectivity index (χ4n) is 1.57. The van der Waals surface area contributed by atoms with Crippen LogP contribution >= 0.6 is 23.2 Å². The van der Waals surface area contributed by atoms with Gasteiger partial charge < -0.3 is 9.32 Å². The van der Waals surface area contributed by atoms with Crippen LogP contribution in [0.4, 0.5) is 0 Å². The van der Waals surface area contributed by atoms with E-state index in [2.05, 4.69) is 0 Å². The molecule has 0 N–H and O–H groups in total. The summed E-state index contributed by atoms with van der Waals surface area (Å²) < 4.78 is 5.08. The second kappa shape index (κ2) is 5.46. The van der Waals surface area contributed by atoms with E-state index in [9.17, 15) is 4.79 Å². The van der Waals surface area contributed by atoms with Gasteiger partial charge in [-0.3, -0.25) is 4.79 Å². The Morgan fingerprint density at radius 1 is 1.22 bits per heavy atom. The normalized spacial score (nSPS) is 10.4. The molecule has 18 heavy (non-hydrogen) atoms. The highest BCUT2D eigenvalue weighted by Crippen LogP contribution is 2.19. The molecule has 0 unspecified atom stereocenters. The number of carbonyl (C=O) groups is 1. The third kappa shape index (κ3) is 2.86. The van der Waals surface area contributed by atoms with Crippen molar-refractivity contribution < 1.29 is 9.21 Å². The Kier molecular flexibility index (Phi) is 3.94. The van der Waals surface area contributed by atoms with Crippen molar-refractivity contribution in [2.45, 2.75) is 6.54 Å². The van der Waals surface area contributed by atoms with Crippen LogP contribution in [0.5, 0.6) is 0 Å². The van der Waals surface area contributed by atoms with Gasteiger partial charge in [0.15, 0.2) is 11.0 Å². The molecule has 0 aliphatic rings. The van der Waals surface area contributed by atoms with Crippen LogP contribution in [0.1, 0.15) is 16.1 Å². The number of hydrogen-bond acceptors (Lipinski definition) is 2. The van der Waals surface area contributed by atoms with Crippen molar-refractivity contribution in [2.24, 2.45) is 0 Å². The minimum atomic E-state index is -0.234. The topological polar surface area (TPSA) is 33.5 Å². The molecule has 0 spiro atoms. The summed E-state index contributed by atoms with van der Waals surface area (Å²) in [6, 6.07) is 10.5. The van der Waals surface area contributed by atoms with Crippen molar-refractivity contribution in [1.29, 1.82) is 0 Å². The molecular formula is C13H11Cl2NO2. The molecule has 0 bridgehead atoms. The van der Waals surface area contributed by atoms with Gasteiger partial charge in [0.1, 0.15) is 0 Å². The maximum atomic E-state index is 12.0. The molecule has 1 amide bonds. The van der Waals surface area contributed by atoms with Gasteiger partial charge >= 0.3 is 0 Å². The Morgan fingerprint density at radius 2 is 1.94 bits per heavy atom. The summed E-state index contributed by atoms with van der Waals surface area (Å²) in [6.45, 7) is 0.414. The Labute approximate surface area is 115 Å². The van der Waals surface area contributed by atoms with E-state index in [4.69, 9.17) is 27.6 Å². The van der Waals surface area contributed by atoms with Crippen molar-refractivity contribution in [1.82, 2.24) is 4.90 Å². The smallest absolute Gasteiger partial charge is 0.289 e.